The van der Waals surface area contributed by atoms with E-state index >= 15 is 0 Å². The fraction of sp³-hybridized carbons (Fsp3) is 0.241. The van der Waals surface area contributed by atoms with Gasteiger partial charge in [-0.3, -0.25) is 19.8 Å². The topological polar surface area (TPSA) is 91.3 Å². The Balaban J connectivity index is 1.69. The summed E-state index contributed by atoms with van der Waals surface area (Å²) >= 11 is 0. The highest BCUT2D eigenvalue weighted by molar-refractivity contribution is 6.20. The molecule has 1 aliphatic rings. The first-order valence-electron chi connectivity index (χ1n) is 12.3. The molecule has 0 spiro atoms. The minimum absolute atomic E-state index is 0.0488. The van der Waals surface area contributed by atoms with Crippen LogP contribution >= 0.6 is 0 Å². The number of rotatable bonds is 8. The molecule has 3 aromatic carbocycles. The lowest BCUT2D eigenvalue weighted by Crippen LogP contribution is -2.50. The number of benzene rings is 3. The summed E-state index contributed by atoms with van der Waals surface area (Å²) in [6.07, 6.45) is -2.06. The number of carbonyl (C=O) groups is 3. The summed E-state index contributed by atoms with van der Waals surface area (Å²) < 4.78 is 5.36. The van der Waals surface area contributed by atoms with E-state index in [4.69, 9.17) is 9.73 Å². The van der Waals surface area contributed by atoms with Crippen LogP contribution < -0.4 is 10.2 Å². The van der Waals surface area contributed by atoms with E-state index in [0.29, 0.717) is 30.1 Å². The van der Waals surface area contributed by atoms with Gasteiger partial charge in [0.1, 0.15) is 13.2 Å². The molecule has 1 unspecified atom stereocenters. The molecule has 0 radical (unpaired) electrons. The number of aliphatic imine (C=N–C) groups is 1. The van der Waals surface area contributed by atoms with Crippen LogP contribution in [-0.2, 0) is 20.9 Å². The molecule has 0 aromatic heterocycles. The van der Waals surface area contributed by atoms with Crippen LogP contribution in [0.25, 0.3) is 0 Å². The van der Waals surface area contributed by atoms with Gasteiger partial charge in [0.25, 0.3) is 5.91 Å². The summed E-state index contributed by atoms with van der Waals surface area (Å²) in [6.45, 7) is 4.71. The van der Waals surface area contributed by atoms with Gasteiger partial charge in [-0.25, -0.2) is 9.79 Å². The summed E-state index contributed by atoms with van der Waals surface area (Å²) in [7, 11) is 0. The number of nitrogens with zero attached hydrogens (tertiary/aromatic N) is 3. The van der Waals surface area contributed by atoms with Crippen molar-refractivity contribution >= 4 is 29.3 Å². The third kappa shape index (κ3) is 6.03. The molecule has 3 amide bonds. The molecule has 0 aliphatic carbocycles. The lowest BCUT2D eigenvalue weighted by Gasteiger charge is -2.27. The highest BCUT2D eigenvalue weighted by atomic mass is 16.5. The lowest BCUT2D eigenvalue weighted by molar-refractivity contribution is -0.131. The van der Waals surface area contributed by atoms with Crippen molar-refractivity contribution in [3.8, 4) is 0 Å². The van der Waals surface area contributed by atoms with E-state index < -0.39 is 18.2 Å². The number of carbonyl (C=O) groups excluding carboxylic acids is 3. The number of anilines is 1. The van der Waals surface area contributed by atoms with E-state index in [-0.39, 0.29) is 19.1 Å². The van der Waals surface area contributed by atoms with Crippen LogP contribution in [0, 0.1) is 0 Å². The van der Waals surface area contributed by atoms with Crippen LogP contribution in [0.15, 0.2) is 89.9 Å². The Morgan fingerprint density at radius 1 is 0.919 bits per heavy atom. The van der Waals surface area contributed by atoms with Crippen molar-refractivity contribution in [1.29, 1.82) is 0 Å². The van der Waals surface area contributed by atoms with Crippen LogP contribution in [0.5, 0.6) is 0 Å². The standard InChI is InChI=1S/C29H30N4O4/c1-3-32(4-2)25(34)19-33-24-18-12-11-17-23(24)26(22-15-9-6-10-16-22)30-27(28(33)35)31-29(36)37-20-21-13-7-5-8-14-21/h5-18,27H,3-4,19-20H2,1-2H3,(H,31,36). The molecular weight excluding hydrogens is 468 g/mol. The smallest absolute Gasteiger partial charge is 0.409 e. The maximum Gasteiger partial charge on any atom is 0.409 e. The quantitative estimate of drug-likeness (QED) is 0.508. The van der Waals surface area contributed by atoms with Crippen molar-refractivity contribution in [3.05, 3.63) is 102 Å². The normalized spacial score (nSPS) is 14.8. The van der Waals surface area contributed by atoms with Crippen LogP contribution in [0.3, 0.4) is 0 Å². The molecule has 0 saturated carbocycles. The molecular formula is C29H30N4O4. The number of alkyl carbamates (subject to hydrolysis) is 1. The molecule has 0 fully saturated rings. The van der Waals surface area contributed by atoms with Crippen molar-refractivity contribution in [3.63, 3.8) is 0 Å². The number of hydrogen-bond donors (Lipinski definition) is 1. The van der Waals surface area contributed by atoms with Crippen LogP contribution in [-0.4, -0.2) is 54.3 Å². The summed E-state index contributed by atoms with van der Waals surface area (Å²) in [5.41, 5.74) is 3.38. The molecule has 1 atom stereocenters. The van der Waals surface area contributed by atoms with Crippen LogP contribution in [0.1, 0.15) is 30.5 Å². The van der Waals surface area contributed by atoms with Crippen molar-refractivity contribution in [2.24, 2.45) is 4.99 Å². The van der Waals surface area contributed by atoms with Crippen molar-refractivity contribution < 1.29 is 19.1 Å². The van der Waals surface area contributed by atoms with Gasteiger partial charge in [0.2, 0.25) is 12.1 Å². The van der Waals surface area contributed by atoms with Gasteiger partial charge in [0.05, 0.1) is 11.4 Å². The van der Waals surface area contributed by atoms with Crippen molar-refractivity contribution in [1.82, 2.24) is 10.2 Å². The van der Waals surface area contributed by atoms with Gasteiger partial charge in [-0.2, -0.15) is 0 Å². The minimum atomic E-state index is -1.28. The average molecular weight is 499 g/mol. The van der Waals surface area contributed by atoms with Gasteiger partial charge in [-0.05, 0) is 25.5 Å². The predicted octanol–water partition coefficient (Wildman–Crippen LogP) is 3.99. The second-order valence-corrected chi connectivity index (χ2v) is 8.46. The second-order valence-electron chi connectivity index (χ2n) is 8.46. The van der Waals surface area contributed by atoms with E-state index in [2.05, 4.69) is 5.32 Å². The van der Waals surface area contributed by atoms with Gasteiger partial charge in [0, 0.05) is 24.2 Å². The molecule has 8 nitrogen and oxygen atoms in total. The number of fused-ring (bicyclic) bond motifs is 1. The first-order valence-corrected chi connectivity index (χ1v) is 12.3. The van der Waals surface area contributed by atoms with Gasteiger partial charge in [-0.15, -0.1) is 0 Å². The third-order valence-electron chi connectivity index (χ3n) is 6.13. The van der Waals surface area contributed by atoms with E-state index in [1.54, 1.807) is 11.0 Å². The van der Waals surface area contributed by atoms with Crippen molar-refractivity contribution in [2.45, 2.75) is 26.6 Å². The highest BCUT2D eigenvalue weighted by Gasteiger charge is 2.35. The fourth-order valence-electron chi connectivity index (χ4n) is 4.20. The van der Waals surface area contributed by atoms with E-state index in [1.165, 1.54) is 4.90 Å². The zero-order chi connectivity index (χ0) is 26.2. The largest absolute Gasteiger partial charge is 0.445 e. The maximum atomic E-state index is 13.8. The second kappa shape index (κ2) is 12.0. The molecule has 1 heterocycles. The summed E-state index contributed by atoms with van der Waals surface area (Å²) in [5.74, 6) is -0.711. The number of ether oxygens (including phenoxy) is 1. The summed E-state index contributed by atoms with van der Waals surface area (Å²) in [6, 6.07) is 26.0. The number of amides is 3. The van der Waals surface area contributed by atoms with Crippen molar-refractivity contribution in [2.75, 3.05) is 24.5 Å². The molecule has 37 heavy (non-hydrogen) atoms. The number of benzodiazepines with no additional fused rings is 1. The maximum absolute atomic E-state index is 13.8. The Kier molecular flexibility index (Phi) is 8.30. The SMILES string of the molecule is CCN(CC)C(=O)CN1C(=O)C(NC(=O)OCc2ccccc2)N=C(c2ccccc2)c2ccccc21. The van der Waals surface area contributed by atoms with Crippen LogP contribution in [0.4, 0.5) is 10.5 Å². The Morgan fingerprint density at radius 3 is 2.22 bits per heavy atom. The third-order valence-corrected chi connectivity index (χ3v) is 6.13. The number of para-hydroxylation sites is 1. The Morgan fingerprint density at radius 2 is 1.54 bits per heavy atom. The first-order chi connectivity index (χ1) is 18.0. The molecule has 0 bridgehead atoms. The molecule has 0 saturated heterocycles. The van der Waals surface area contributed by atoms with E-state index in [1.807, 2.05) is 92.7 Å². The summed E-state index contributed by atoms with van der Waals surface area (Å²) in [4.78, 5) is 47.4. The Hall–Kier alpha value is -4.46. The number of hydrogen-bond acceptors (Lipinski definition) is 5. The first kappa shape index (κ1) is 25.6. The fourth-order valence-corrected chi connectivity index (χ4v) is 4.20. The average Bonchev–Trinajstić information content (AvgIpc) is 3.04. The monoisotopic (exact) mass is 498 g/mol. The molecule has 1 aliphatic heterocycles. The Bertz CT molecular complexity index is 1270. The number of likely N-dealkylation sites (N-methyl/N-ethyl adjacent to an activating group) is 1. The van der Waals surface area contributed by atoms with Gasteiger partial charge in [-0.1, -0.05) is 78.9 Å². The molecule has 4 rings (SSSR count). The Labute approximate surface area is 216 Å². The summed E-state index contributed by atoms with van der Waals surface area (Å²) in [5, 5.41) is 2.61. The van der Waals surface area contributed by atoms with Crippen LogP contribution in [0.2, 0.25) is 0 Å². The lowest BCUT2D eigenvalue weighted by atomic mass is 10.0. The van der Waals surface area contributed by atoms with E-state index in [9.17, 15) is 14.4 Å². The van der Waals surface area contributed by atoms with E-state index in [0.717, 1.165) is 11.1 Å². The van der Waals surface area contributed by atoms with Gasteiger partial charge < -0.3 is 9.64 Å². The predicted molar refractivity (Wildman–Crippen MR) is 142 cm³/mol. The van der Waals surface area contributed by atoms with Gasteiger partial charge in [0.15, 0.2) is 0 Å². The zero-order valence-corrected chi connectivity index (χ0v) is 21.0. The highest BCUT2D eigenvalue weighted by Crippen LogP contribution is 2.28. The zero-order valence-electron chi connectivity index (χ0n) is 21.0. The number of nitrogens with one attached hydrogen (secondary N) is 1. The molecule has 1 N–H and O–H groups in total. The molecule has 3 aromatic rings. The van der Waals surface area contributed by atoms with Gasteiger partial charge >= 0.3 is 6.09 Å². The molecule has 8 heteroatoms. The minimum Gasteiger partial charge on any atom is -0.445 e. The molecule has 190 valence electrons.